The van der Waals surface area contributed by atoms with Gasteiger partial charge in [0.1, 0.15) is 10.4 Å². The number of amides is 2. The van der Waals surface area contributed by atoms with Crippen LogP contribution in [0.5, 0.6) is 0 Å². The van der Waals surface area contributed by atoms with Crippen LogP contribution in [0.4, 0.5) is 0 Å². The predicted molar refractivity (Wildman–Crippen MR) is 124 cm³/mol. The number of carboxylic acids is 1. The number of aliphatic hydroxyl groups is 1. The summed E-state index contributed by atoms with van der Waals surface area (Å²) < 4.78 is -1.11. The van der Waals surface area contributed by atoms with E-state index in [-0.39, 0.29) is 40.8 Å². The van der Waals surface area contributed by atoms with Crippen LogP contribution in [0.2, 0.25) is 0 Å². The van der Waals surface area contributed by atoms with Crippen LogP contribution in [0.1, 0.15) is 34.1 Å². The van der Waals surface area contributed by atoms with Crippen molar-refractivity contribution < 1.29 is 24.6 Å². The average Bonchev–Trinajstić information content (AvgIpc) is 3.33. The van der Waals surface area contributed by atoms with Crippen molar-refractivity contribution in [2.45, 2.75) is 68.3 Å². The molecule has 0 saturated carbocycles. The summed E-state index contributed by atoms with van der Waals surface area (Å²) in [5.41, 5.74) is -0.0135. The minimum Gasteiger partial charge on any atom is -0.477 e. The Morgan fingerprint density at radius 2 is 2.03 bits per heavy atom. The molecule has 4 aliphatic rings. The van der Waals surface area contributed by atoms with E-state index >= 15 is 0 Å². The molecule has 4 aliphatic heterocycles. The lowest BCUT2D eigenvalue weighted by atomic mass is 9.78. The van der Waals surface area contributed by atoms with Gasteiger partial charge in [-0.3, -0.25) is 19.9 Å². The number of thioether (sulfide) groups is 1. The Hall–Kier alpha value is -2.11. The molecule has 0 aromatic heterocycles. The Labute approximate surface area is 197 Å². The van der Waals surface area contributed by atoms with E-state index in [2.05, 4.69) is 5.32 Å². The zero-order chi connectivity index (χ0) is 24.2. The van der Waals surface area contributed by atoms with Crippen molar-refractivity contribution in [3.8, 4) is 0 Å². The molecule has 182 valence electrons. The van der Waals surface area contributed by atoms with Gasteiger partial charge in [0.05, 0.1) is 24.0 Å². The summed E-state index contributed by atoms with van der Waals surface area (Å²) in [6.45, 7) is 9.55. The topological polar surface area (TPSA) is 137 Å². The van der Waals surface area contributed by atoms with Crippen LogP contribution in [0.15, 0.2) is 11.8 Å². The summed E-state index contributed by atoms with van der Waals surface area (Å²) in [6, 6.07) is -0.675. The number of carbonyl (C=O) groups is 3. The molecule has 0 bridgehead atoms. The number of carboxylic acid groups (broad SMARTS) is 1. The van der Waals surface area contributed by atoms with E-state index in [1.54, 1.807) is 19.9 Å². The van der Waals surface area contributed by atoms with Gasteiger partial charge in [0, 0.05) is 37.5 Å². The number of β-lactam (4-membered cyclic amide) rings is 1. The van der Waals surface area contributed by atoms with Crippen LogP contribution in [0, 0.1) is 11.3 Å². The lowest BCUT2D eigenvalue weighted by Crippen LogP contribution is -2.76. The van der Waals surface area contributed by atoms with E-state index in [9.17, 15) is 24.6 Å². The molecular weight excluding hydrogens is 446 g/mol. The van der Waals surface area contributed by atoms with E-state index in [1.165, 1.54) is 16.7 Å². The summed E-state index contributed by atoms with van der Waals surface area (Å²) in [5, 5.41) is 31.2. The summed E-state index contributed by atoms with van der Waals surface area (Å²) in [5.74, 6) is -1.15. The molecule has 6 unspecified atom stereocenters. The van der Waals surface area contributed by atoms with E-state index in [4.69, 9.17) is 5.41 Å². The van der Waals surface area contributed by atoms with Crippen molar-refractivity contribution in [2.75, 3.05) is 26.2 Å². The number of carbonyl (C=O) groups excluding carboxylic acids is 2. The molecule has 7 atom stereocenters. The fraction of sp³-hybridized carbons (Fsp3) is 0.727. The first-order valence-electron chi connectivity index (χ1n) is 11.5. The molecule has 4 heterocycles. The van der Waals surface area contributed by atoms with E-state index < -0.39 is 22.9 Å². The fourth-order valence-corrected chi connectivity index (χ4v) is 7.70. The van der Waals surface area contributed by atoms with E-state index in [1.807, 2.05) is 23.6 Å². The summed E-state index contributed by atoms with van der Waals surface area (Å²) in [7, 11) is 0. The van der Waals surface area contributed by atoms with Crippen molar-refractivity contribution >= 4 is 35.4 Å². The number of hydrogen-bond donors (Lipinski definition) is 4. The predicted octanol–water partition coefficient (Wildman–Crippen LogP) is -0.0714. The standard InChI is InChI=1S/C22H33N5O5S/c1-11-7-17(20(30)31)27-18(11)22(13(3)28,21(27)32)33-15-8-16(24-9-15)19(29)25-5-6-26(14(4)23)12(2)10-25/h7,11-13,15-16,18,23-24,28H,5-6,8-10H2,1-4H3,(H,30,31)/t11?,12?,13?,15?,16?,18-,22?/m0/s1. The van der Waals surface area contributed by atoms with Crippen molar-refractivity contribution in [1.82, 2.24) is 20.0 Å². The monoisotopic (exact) mass is 479 g/mol. The zero-order valence-electron chi connectivity index (χ0n) is 19.4. The van der Waals surface area contributed by atoms with Gasteiger partial charge in [-0.15, -0.1) is 11.8 Å². The average molecular weight is 480 g/mol. The molecule has 0 spiro atoms. The molecule has 11 heteroatoms. The highest BCUT2D eigenvalue weighted by Crippen LogP contribution is 2.55. The third kappa shape index (κ3) is 3.74. The first-order chi connectivity index (χ1) is 15.5. The van der Waals surface area contributed by atoms with Gasteiger partial charge in [0.15, 0.2) is 0 Å². The highest BCUT2D eigenvalue weighted by atomic mass is 32.2. The van der Waals surface area contributed by atoms with Crippen LogP contribution >= 0.6 is 11.8 Å². The maximum Gasteiger partial charge on any atom is 0.352 e. The normalized spacial score (nSPS) is 36.9. The molecule has 0 aromatic rings. The number of nitrogens with zero attached hydrogens (tertiary/aromatic N) is 3. The second kappa shape index (κ2) is 8.59. The first kappa shape index (κ1) is 24.0. The molecular formula is C22H33N5O5S. The van der Waals surface area contributed by atoms with Crippen molar-refractivity contribution in [1.29, 1.82) is 5.41 Å². The molecule has 2 amide bonds. The molecule has 4 rings (SSSR count). The number of nitrogens with one attached hydrogen (secondary N) is 2. The van der Waals surface area contributed by atoms with Gasteiger partial charge in [-0.05, 0) is 39.2 Å². The van der Waals surface area contributed by atoms with Crippen LogP contribution in [-0.4, -0.2) is 109 Å². The Balaban J connectivity index is 1.41. The van der Waals surface area contributed by atoms with Crippen LogP contribution < -0.4 is 5.32 Å². The van der Waals surface area contributed by atoms with E-state index in [0.29, 0.717) is 38.4 Å². The smallest absolute Gasteiger partial charge is 0.352 e. The first-order valence-corrected chi connectivity index (χ1v) is 12.4. The summed E-state index contributed by atoms with van der Waals surface area (Å²) in [4.78, 5) is 43.0. The minimum absolute atomic E-state index is 0.0135. The second-order valence-corrected chi connectivity index (χ2v) is 11.2. The highest BCUT2D eigenvalue weighted by Gasteiger charge is 2.69. The molecule has 4 N–H and O–H groups in total. The number of amidine groups is 1. The molecule has 3 saturated heterocycles. The Bertz CT molecular complexity index is 910. The lowest BCUT2D eigenvalue weighted by Gasteiger charge is -2.56. The van der Waals surface area contributed by atoms with Gasteiger partial charge in [-0.1, -0.05) is 6.92 Å². The quantitative estimate of drug-likeness (QED) is 0.244. The number of piperazine rings is 1. The molecule has 10 nitrogen and oxygen atoms in total. The van der Waals surface area contributed by atoms with Gasteiger partial charge >= 0.3 is 5.97 Å². The Kier molecular flexibility index (Phi) is 6.25. The van der Waals surface area contributed by atoms with Gasteiger partial charge in [0.2, 0.25) is 11.8 Å². The van der Waals surface area contributed by atoms with Gasteiger partial charge in [-0.25, -0.2) is 4.79 Å². The Morgan fingerprint density at radius 1 is 1.33 bits per heavy atom. The molecule has 3 fully saturated rings. The van der Waals surface area contributed by atoms with Crippen molar-refractivity contribution in [2.24, 2.45) is 5.92 Å². The van der Waals surface area contributed by atoms with Crippen LogP contribution in [-0.2, 0) is 14.4 Å². The second-order valence-electron chi connectivity index (χ2n) is 9.65. The molecule has 0 radical (unpaired) electrons. The molecule has 33 heavy (non-hydrogen) atoms. The lowest BCUT2D eigenvalue weighted by molar-refractivity contribution is -0.158. The third-order valence-electron chi connectivity index (χ3n) is 7.41. The number of aliphatic carboxylic acids is 1. The largest absolute Gasteiger partial charge is 0.477 e. The van der Waals surface area contributed by atoms with Crippen LogP contribution in [0.3, 0.4) is 0 Å². The number of fused-ring (bicyclic) bond motifs is 1. The van der Waals surface area contributed by atoms with Gasteiger partial charge in [-0.2, -0.15) is 0 Å². The van der Waals surface area contributed by atoms with E-state index in [0.717, 1.165) is 0 Å². The number of rotatable bonds is 5. The highest BCUT2D eigenvalue weighted by molar-refractivity contribution is 8.02. The maximum atomic E-state index is 13.2. The van der Waals surface area contributed by atoms with Gasteiger partial charge in [0.25, 0.3) is 0 Å². The van der Waals surface area contributed by atoms with Crippen molar-refractivity contribution in [3.63, 3.8) is 0 Å². The fourth-order valence-electron chi connectivity index (χ4n) is 5.82. The summed E-state index contributed by atoms with van der Waals surface area (Å²) >= 11 is 1.39. The number of hydrogen-bond acceptors (Lipinski definition) is 7. The third-order valence-corrected chi connectivity index (χ3v) is 9.25. The molecule has 0 aromatic carbocycles. The molecule has 0 aliphatic carbocycles. The van der Waals surface area contributed by atoms with Gasteiger partial charge < -0.3 is 25.3 Å². The zero-order valence-corrected chi connectivity index (χ0v) is 20.3. The van der Waals surface area contributed by atoms with Crippen LogP contribution in [0.25, 0.3) is 0 Å². The summed E-state index contributed by atoms with van der Waals surface area (Å²) in [6.07, 6.45) is 1.18. The van der Waals surface area contributed by atoms with Crippen molar-refractivity contribution in [3.05, 3.63) is 11.8 Å². The minimum atomic E-state index is -1.14. The Morgan fingerprint density at radius 3 is 2.61 bits per heavy atom. The SMILES string of the molecule is CC(=N)N1CCN(C(=O)C2CC(SC3(C(C)O)C(=O)N4C(C(=O)O)=CC(C)[C@H]43)CN2)CC1C. The number of aliphatic hydroxyl groups excluding tert-OH is 1. The maximum absolute atomic E-state index is 13.2.